The molecule has 0 bridgehead atoms. The van der Waals surface area contributed by atoms with Gasteiger partial charge in [0.25, 0.3) is 5.91 Å². The molecule has 4 nitrogen and oxygen atoms in total. The molecule has 1 aromatic rings. The highest BCUT2D eigenvalue weighted by Crippen LogP contribution is 2.11. The first-order chi connectivity index (χ1) is 7.00. The molecule has 0 fully saturated rings. The van der Waals surface area contributed by atoms with E-state index in [4.69, 9.17) is 10.8 Å². The molecule has 0 radical (unpaired) electrons. The van der Waals surface area contributed by atoms with Crippen molar-refractivity contribution in [1.82, 2.24) is 0 Å². The second-order valence-corrected chi connectivity index (χ2v) is 2.78. The van der Waals surface area contributed by atoms with Gasteiger partial charge in [-0.25, -0.2) is 9.18 Å². The Balaban J connectivity index is 3.01. The third-order valence-corrected chi connectivity index (χ3v) is 1.68. The molecule has 0 saturated heterocycles. The topological polar surface area (TPSA) is 80.4 Å². The second kappa shape index (κ2) is 4.36. The maximum absolute atomic E-state index is 13.1. The molecule has 3 N–H and O–H groups in total. The van der Waals surface area contributed by atoms with Crippen LogP contribution in [-0.4, -0.2) is 17.0 Å². The van der Waals surface area contributed by atoms with E-state index in [1.54, 1.807) is 0 Å². The van der Waals surface area contributed by atoms with Crippen LogP contribution in [0.2, 0.25) is 0 Å². The fraction of sp³-hybridized carbons (Fsp3) is 0. The quantitative estimate of drug-likeness (QED) is 0.729. The molecule has 0 saturated carbocycles. The normalized spacial score (nSPS) is 10.5. The molecule has 0 spiro atoms. The smallest absolute Gasteiger partial charge is 0.328 e. The molecular weight excluding hydrogens is 201 g/mol. The summed E-state index contributed by atoms with van der Waals surface area (Å²) < 4.78 is 13.1. The first kappa shape index (κ1) is 10.9. The minimum atomic E-state index is -1.13. The van der Waals surface area contributed by atoms with Gasteiger partial charge in [0, 0.05) is 6.08 Å². The van der Waals surface area contributed by atoms with Crippen LogP contribution < -0.4 is 5.73 Å². The number of carbonyl (C=O) groups is 2. The average Bonchev–Trinajstić information content (AvgIpc) is 2.14. The molecule has 0 aliphatic carbocycles. The minimum absolute atomic E-state index is 0.220. The van der Waals surface area contributed by atoms with E-state index in [0.717, 1.165) is 12.1 Å². The van der Waals surface area contributed by atoms with Crippen molar-refractivity contribution in [3.05, 3.63) is 41.2 Å². The van der Waals surface area contributed by atoms with Gasteiger partial charge in [-0.15, -0.1) is 0 Å². The lowest BCUT2D eigenvalue weighted by atomic mass is 10.1. The molecule has 0 aliphatic rings. The number of carboxylic acids is 1. The summed E-state index contributed by atoms with van der Waals surface area (Å²) in [7, 11) is 0. The third-order valence-electron chi connectivity index (χ3n) is 1.68. The van der Waals surface area contributed by atoms with E-state index in [-0.39, 0.29) is 5.56 Å². The molecule has 15 heavy (non-hydrogen) atoms. The summed E-state index contributed by atoms with van der Waals surface area (Å²) >= 11 is 0. The second-order valence-electron chi connectivity index (χ2n) is 2.78. The van der Waals surface area contributed by atoms with E-state index < -0.39 is 17.7 Å². The zero-order valence-electron chi connectivity index (χ0n) is 7.61. The number of primary amides is 1. The fourth-order valence-corrected chi connectivity index (χ4v) is 1.00. The number of carbonyl (C=O) groups excluding carboxylic acids is 1. The Morgan fingerprint density at radius 3 is 2.53 bits per heavy atom. The highest BCUT2D eigenvalue weighted by molar-refractivity contribution is 5.93. The van der Waals surface area contributed by atoms with E-state index in [1.165, 1.54) is 18.2 Å². The Morgan fingerprint density at radius 1 is 1.40 bits per heavy atom. The van der Waals surface area contributed by atoms with Crippen molar-refractivity contribution in [2.45, 2.75) is 0 Å². The Morgan fingerprint density at radius 2 is 2.07 bits per heavy atom. The minimum Gasteiger partial charge on any atom is -0.478 e. The van der Waals surface area contributed by atoms with Gasteiger partial charge < -0.3 is 10.8 Å². The van der Waals surface area contributed by atoms with Gasteiger partial charge in [0.1, 0.15) is 5.82 Å². The lowest BCUT2D eigenvalue weighted by molar-refractivity contribution is -0.131. The fourth-order valence-electron chi connectivity index (χ4n) is 1.00. The van der Waals surface area contributed by atoms with Crippen molar-refractivity contribution in [3.63, 3.8) is 0 Å². The maximum atomic E-state index is 13.1. The Bertz CT molecular complexity index is 440. The van der Waals surface area contributed by atoms with Crippen LogP contribution in [0.1, 0.15) is 15.9 Å². The highest BCUT2D eigenvalue weighted by atomic mass is 19.1. The van der Waals surface area contributed by atoms with E-state index in [1.807, 2.05) is 0 Å². The molecule has 0 aromatic heterocycles. The number of hydrogen-bond acceptors (Lipinski definition) is 2. The van der Waals surface area contributed by atoms with Crippen LogP contribution in [0.4, 0.5) is 4.39 Å². The monoisotopic (exact) mass is 209 g/mol. The molecule has 78 valence electrons. The average molecular weight is 209 g/mol. The SMILES string of the molecule is NC(=O)c1ccc(C=CC(=O)O)cc1F. The Labute approximate surface area is 84.8 Å². The van der Waals surface area contributed by atoms with Crippen molar-refractivity contribution in [3.8, 4) is 0 Å². The summed E-state index contributed by atoms with van der Waals surface area (Å²) in [5, 5.41) is 8.33. The van der Waals surface area contributed by atoms with Crippen molar-refractivity contribution in [1.29, 1.82) is 0 Å². The summed E-state index contributed by atoms with van der Waals surface area (Å²) in [4.78, 5) is 20.8. The molecule has 1 aromatic carbocycles. The van der Waals surface area contributed by atoms with Crippen LogP contribution in [-0.2, 0) is 4.79 Å². The van der Waals surface area contributed by atoms with Crippen molar-refractivity contribution < 1.29 is 19.1 Å². The molecule has 0 atom stereocenters. The number of rotatable bonds is 3. The van der Waals surface area contributed by atoms with Crippen LogP contribution in [0.25, 0.3) is 6.08 Å². The number of hydrogen-bond donors (Lipinski definition) is 2. The summed E-state index contributed by atoms with van der Waals surface area (Å²) in [6.07, 6.45) is 2.09. The summed E-state index contributed by atoms with van der Waals surface area (Å²) in [6.45, 7) is 0. The molecule has 0 unspecified atom stereocenters. The van der Waals surface area contributed by atoms with Crippen LogP contribution in [0.3, 0.4) is 0 Å². The van der Waals surface area contributed by atoms with Crippen LogP contribution in [0, 0.1) is 5.82 Å². The summed E-state index contributed by atoms with van der Waals surface area (Å²) in [5.74, 6) is -2.76. The predicted octanol–water partition coefficient (Wildman–Crippen LogP) is 1.02. The largest absolute Gasteiger partial charge is 0.478 e. The molecule has 0 aliphatic heterocycles. The number of nitrogens with two attached hydrogens (primary N) is 1. The van der Waals surface area contributed by atoms with Crippen LogP contribution in [0.15, 0.2) is 24.3 Å². The van der Waals surface area contributed by atoms with Crippen molar-refractivity contribution >= 4 is 18.0 Å². The van der Waals surface area contributed by atoms with Gasteiger partial charge >= 0.3 is 5.97 Å². The summed E-state index contributed by atoms with van der Waals surface area (Å²) in [6, 6.07) is 3.65. The standard InChI is InChI=1S/C10H8FNO3/c11-8-5-6(2-4-9(13)14)1-3-7(8)10(12)15/h1-5H,(H2,12,15)(H,13,14). The molecule has 0 heterocycles. The first-order valence-electron chi connectivity index (χ1n) is 4.01. The zero-order valence-corrected chi connectivity index (χ0v) is 7.61. The number of benzene rings is 1. The lowest BCUT2D eigenvalue weighted by Crippen LogP contribution is -2.12. The van der Waals surface area contributed by atoms with Gasteiger partial charge in [0.2, 0.25) is 0 Å². The Kier molecular flexibility index (Phi) is 3.17. The molecule has 1 amide bonds. The van der Waals surface area contributed by atoms with Gasteiger partial charge in [-0.05, 0) is 23.8 Å². The van der Waals surface area contributed by atoms with Gasteiger partial charge in [-0.3, -0.25) is 4.79 Å². The van der Waals surface area contributed by atoms with E-state index in [0.29, 0.717) is 5.56 Å². The van der Waals surface area contributed by atoms with Crippen LogP contribution >= 0.6 is 0 Å². The molecule has 1 rings (SSSR count). The van der Waals surface area contributed by atoms with Gasteiger partial charge in [-0.1, -0.05) is 6.07 Å². The predicted molar refractivity (Wildman–Crippen MR) is 51.6 cm³/mol. The number of carboxylic acid groups (broad SMARTS) is 1. The maximum Gasteiger partial charge on any atom is 0.328 e. The Hall–Kier alpha value is -2.17. The van der Waals surface area contributed by atoms with Crippen molar-refractivity contribution in [2.24, 2.45) is 5.73 Å². The highest BCUT2D eigenvalue weighted by Gasteiger charge is 2.07. The molecular formula is C10H8FNO3. The van der Waals surface area contributed by atoms with Gasteiger partial charge in [0.15, 0.2) is 0 Å². The first-order valence-corrected chi connectivity index (χ1v) is 4.01. The summed E-state index contributed by atoms with van der Waals surface area (Å²) in [5.41, 5.74) is 5.02. The number of halogens is 1. The molecule has 5 heteroatoms. The number of amides is 1. The van der Waals surface area contributed by atoms with Crippen molar-refractivity contribution in [2.75, 3.05) is 0 Å². The van der Waals surface area contributed by atoms with E-state index in [9.17, 15) is 14.0 Å². The van der Waals surface area contributed by atoms with E-state index in [2.05, 4.69) is 0 Å². The number of aliphatic carboxylic acids is 1. The van der Waals surface area contributed by atoms with E-state index >= 15 is 0 Å². The van der Waals surface area contributed by atoms with Gasteiger partial charge in [-0.2, -0.15) is 0 Å². The zero-order chi connectivity index (χ0) is 11.4. The third kappa shape index (κ3) is 2.91. The lowest BCUT2D eigenvalue weighted by Gasteiger charge is -1.99. The van der Waals surface area contributed by atoms with Gasteiger partial charge in [0.05, 0.1) is 5.56 Å². The van der Waals surface area contributed by atoms with Crippen LogP contribution in [0.5, 0.6) is 0 Å².